The van der Waals surface area contributed by atoms with Gasteiger partial charge in [-0.3, -0.25) is 14.7 Å². The van der Waals surface area contributed by atoms with Crippen molar-refractivity contribution >= 4 is 23.2 Å². The Morgan fingerprint density at radius 2 is 2.13 bits per heavy atom. The van der Waals surface area contributed by atoms with Crippen molar-refractivity contribution in [1.29, 1.82) is 0 Å². The minimum absolute atomic E-state index is 0.0762. The van der Waals surface area contributed by atoms with Crippen molar-refractivity contribution in [2.75, 3.05) is 7.05 Å². The number of guanidine groups is 1. The maximum Gasteiger partial charge on any atom is 0.234 e. The van der Waals surface area contributed by atoms with Gasteiger partial charge in [-0.15, -0.1) is 11.3 Å². The van der Waals surface area contributed by atoms with Crippen LogP contribution in [0.2, 0.25) is 0 Å². The monoisotopic (exact) mass is 326 g/mol. The van der Waals surface area contributed by atoms with Crippen LogP contribution in [0.4, 0.5) is 0 Å². The molecule has 1 saturated carbocycles. The predicted octanol–water partition coefficient (Wildman–Crippen LogP) is 2.66. The number of pyridine rings is 1. The average molecular weight is 326 g/mol. The number of carbonyl (C=O) groups excluding carboxylic acids is 1. The molecule has 3 heterocycles. The fourth-order valence-electron chi connectivity index (χ4n) is 3.11. The maximum atomic E-state index is 12.6. The zero-order valence-electron chi connectivity index (χ0n) is 12.8. The summed E-state index contributed by atoms with van der Waals surface area (Å²) in [7, 11) is 1.71. The Labute approximate surface area is 138 Å². The van der Waals surface area contributed by atoms with Crippen molar-refractivity contribution in [2.45, 2.75) is 18.9 Å². The molecule has 0 aromatic carbocycles. The van der Waals surface area contributed by atoms with E-state index in [0.717, 1.165) is 28.2 Å². The van der Waals surface area contributed by atoms with E-state index in [1.54, 1.807) is 24.6 Å². The average Bonchev–Trinajstić information content (AvgIpc) is 3.28. The molecule has 1 aliphatic heterocycles. The third-order valence-electron chi connectivity index (χ3n) is 4.57. The van der Waals surface area contributed by atoms with Crippen molar-refractivity contribution in [3.63, 3.8) is 0 Å². The van der Waals surface area contributed by atoms with Crippen molar-refractivity contribution in [3.05, 3.63) is 41.5 Å². The van der Waals surface area contributed by atoms with Gasteiger partial charge < -0.3 is 5.73 Å². The predicted molar refractivity (Wildman–Crippen MR) is 90.9 cm³/mol. The van der Waals surface area contributed by atoms with Gasteiger partial charge in [0, 0.05) is 34.8 Å². The maximum absolute atomic E-state index is 12.6. The van der Waals surface area contributed by atoms with Crippen LogP contribution in [0.5, 0.6) is 0 Å². The van der Waals surface area contributed by atoms with Gasteiger partial charge in [-0.25, -0.2) is 4.99 Å². The first kappa shape index (κ1) is 14.4. The van der Waals surface area contributed by atoms with E-state index in [2.05, 4.69) is 22.1 Å². The van der Waals surface area contributed by atoms with E-state index >= 15 is 0 Å². The number of nitrogens with two attached hydrogens (primary N) is 1. The van der Waals surface area contributed by atoms with Crippen LogP contribution >= 0.6 is 11.3 Å². The van der Waals surface area contributed by atoms with E-state index in [-0.39, 0.29) is 17.9 Å². The number of amides is 1. The molecule has 0 saturated heterocycles. The van der Waals surface area contributed by atoms with Gasteiger partial charge in [-0.1, -0.05) is 6.07 Å². The summed E-state index contributed by atoms with van der Waals surface area (Å²) in [5.74, 6) is 0.776. The molecule has 23 heavy (non-hydrogen) atoms. The molecule has 2 unspecified atom stereocenters. The summed E-state index contributed by atoms with van der Waals surface area (Å²) < 4.78 is 0. The van der Waals surface area contributed by atoms with E-state index in [4.69, 9.17) is 5.73 Å². The summed E-state index contributed by atoms with van der Waals surface area (Å²) in [6, 6.07) is 7.97. The molecular formula is C17H18N4OS. The first-order valence-corrected chi connectivity index (χ1v) is 8.58. The smallest absolute Gasteiger partial charge is 0.234 e. The largest absolute Gasteiger partial charge is 0.369 e. The van der Waals surface area contributed by atoms with Crippen LogP contribution in [-0.2, 0) is 4.79 Å². The molecule has 1 fully saturated rings. The molecule has 2 N–H and O–H groups in total. The highest BCUT2D eigenvalue weighted by Gasteiger charge is 2.46. The van der Waals surface area contributed by atoms with Crippen LogP contribution in [0.1, 0.15) is 23.8 Å². The zero-order valence-corrected chi connectivity index (χ0v) is 13.7. The number of aliphatic imine (C=N–C) groups is 1. The SMILES string of the molecule is CN1C(=O)C(C2CC2)C(c2ccc(-c3cccnc3)s2)N=C1N. The molecule has 4 rings (SSSR count). The Balaban J connectivity index is 1.71. The van der Waals surface area contributed by atoms with E-state index in [0.29, 0.717) is 11.9 Å². The van der Waals surface area contributed by atoms with E-state index in [1.807, 2.05) is 18.3 Å². The topological polar surface area (TPSA) is 71.6 Å². The van der Waals surface area contributed by atoms with E-state index in [9.17, 15) is 4.79 Å². The number of hydrogen-bond acceptors (Lipinski definition) is 5. The summed E-state index contributed by atoms with van der Waals surface area (Å²) in [4.78, 5) is 25.2. The molecule has 0 radical (unpaired) electrons. The fourth-order valence-corrected chi connectivity index (χ4v) is 4.20. The van der Waals surface area contributed by atoms with Crippen LogP contribution in [0.3, 0.4) is 0 Å². The standard InChI is InChI=1S/C17H18N4OS/c1-21-16(22)14(10-4-5-10)15(20-17(21)18)13-7-6-12(23-13)11-3-2-8-19-9-11/h2-3,6-10,14-15H,4-5H2,1H3,(H2,18,20). The molecular weight excluding hydrogens is 308 g/mol. The molecule has 0 bridgehead atoms. The van der Waals surface area contributed by atoms with Gasteiger partial charge in [0.15, 0.2) is 5.96 Å². The molecule has 0 spiro atoms. The summed E-state index contributed by atoms with van der Waals surface area (Å²) in [5.41, 5.74) is 7.03. The van der Waals surface area contributed by atoms with Gasteiger partial charge in [0.25, 0.3) is 0 Å². The third kappa shape index (κ3) is 2.53. The Bertz CT molecular complexity index is 766. The van der Waals surface area contributed by atoms with Crippen molar-refractivity contribution in [2.24, 2.45) is 22.6 Å². The Morgan fingerprint density at radius 3 is 2.83 bits per heavy atom. The number of carbonyl (C=O) groups is 1. The normalized spacial score (nSPS) is 24.7. The lowest BCUT2D eigenvalue weighted by Crippen LogP contribution is -2.48. The summed E-state index contributed by atoms with van der Waals surface area (Å²) in [6.07, 6.45) is 5.83. The summed E-state index contributed by atoms with van der Waals surface area (Å²) in [5, 5.41) is 0. The van der Waals surface area contributed by atoms with Gasteiger partial charge in [0.2, 0.25) is 5.91 Å². The minimum Gasteiger partial charge on any atom is -0.369 e. The second kappa shape index (κ2) is 5.45. The lowest BCUT2D eigenvalue weighted by atomic mass is 9.91. The molecule has 2 aromatic heterocycles. The number of thiophene rings is 1. The van der Waals surface area contributed by atoms with Crippen LogP contribution in [0.25, 0.3) is 10.4 Å². The Morgan fingerprint density at radius 1 is 1.30 bits per heavy atom. The van der Waals surface area contributed by atoms with Crippen LogP contribution in [-0.4, -0.2) is 28.8 Å². The molecule has 118 valence electrons. The summed E-state index contributed by atoms with van der Waals surface area (Å²) in [6.45, 7) is 0. The van der Waals surface area contributed by atoms with Crippen molar-refractivity contribution in [1.82, 2.24) is 9.88 Å². The quantitative estimate of drug-likeness (QED) is 0.942. The molecule has 2 atom stereocenters. The fraction of sp³-hybridized carbons (Fsp3) is 0.353. The molecule has 2 aromatic rings. The second-order valence-corrected chi connectivity index (χ2v) is 7.25. The Kier molecular flexibility index (Phi) is 3.41. The molecule has 1 amide bonds. The third-order valence-corrected chi connectivity index (χ3v) is 5.77. The number of aromatic nitrogens is 1. The van der Waals surface area contributed by atoms with Gasteiger partial charge in [-0.05, 0) is 37.0 Å². The highest BCUT2D eigenvalue weighted by molar-refractivity contribution is 7.15. The highest BCUT2D eigenvalue weighted by Crippen LogP contribution is 2.48. The molecule has 6 heteroatoms. The van der Waals surface area contributed by atoms with E-state index in [1.165, 1.54) is 4.90 Å². The minimum atomic E-state index is -0.151. The van der Waals surface area contributed by atoms with Gasteiger partial charge in [-0.2, -0.15) is 0 Å². The number of nitrogens with zero attached hydrogens (tertiary/aromatic N) is 3. The molecule has 2 aliphatic rings. The number of rotatable bonds is 3. The van der Waals surface area contributed by atoms with Crippen molar-refractivity contribution in [3.8, 4) is 10.4 Å². The first-order chi connectivity index (χ1) is 11.1. The highest BCUT2D eigenvalue weighted by atomic mass is 32.1. The van der Waals surface area contributed by atoms with Crippen LogP contribution < -0.4 is 5.73 Å². The lowest BCUT2D eigenvalue weighted by Gasteiger charge is -2.32. The Hall–Kier alpha value is -2.21. The van der Waals surface area contributed by atoms with Gasteiger partial charge >= 0.3 is 0 Å². The first-order valence-electron chi connectivity index (χ1n) is 7.76. The zero-order chi connectivity index (χ0) is 16.0. The van der Waals surface area contributed by atoms with Crippen LogP contribution in [0.15, 0.2) is 41.7 Å². The number of hydrogen-bond donors (Lipinski definition) is 1. The van der Waals surface area contributed by atoms with Crippen molar-refractivity contribution < 1.29 is 4.79 Å². The van der Waals surface area contributed by atoms with Gasteiger partial charge in [0.1, 0.15) is 0 Å². The molecule has 5 nitrogen and oxygen atoms in total. The van der Waals surface area contributed by atoms with E-state index < -0.39 is 0 Å². The molecule has 1 aliphatic carbocycles. The van der Waals surface area contributed by atoms with Gasteiger partial charge in [0.05, 0.1) is 12.0 Å². The van der Waals surface area contributed by atoms with Crippen LogP contribution in [0, 0.1) is 11.8 Å². The second-order valence-electron chi connectivity index (χ2n) is 6.14. The lowest BCUT2D eigenvalue weighted by molar-refractivity contribution is -0.133. The summed E-state index contributed by atoms with van der Waals surface area (Å²) >= 11 is 1.67.